The van der Waals surface area contributed by atoms with Crippen molar-refractivity contribution in [2.75, 3.05) is 19.6 Å². The van der Waals surface area contributed by atoms with E-state index in [1.807, 2.05) is 0 Å². The third kappa shape index (κ3) is 2.70. The summed E-state index contributed by atoms with van der Waals surface area (Å²) in [6, 6.07) is 9.98. The van der Waals surface area contributed by atoms with E-state index in [2.05, 4.69) is 55.3 Å². The first-order valence-corrected chi connectivity index (χ1v) is 6.76. The van der Waals surface area contributed by atoms with Crippen molar-refractivity contribution >= 4 is 0 Å². The van der Waals surface area contributed by atoms with E-state index in [-0.39, 0.29) is 0 Å². The second-order valence-electron chi connectivity index (χ2n) is 5.04. The third-order valence-electron chi connectivity index (χ3n) is 4.00. The van der Waals surface area contributed by atoms with Gasteiger partial charge >= 0.3 is 0 Å². The zero-order valence-electron chi connectivity index (χ0n) is 11.2. The minimum atomic E-state index is 0.531. The normalized spacial score (nSPS) is 23.6. The van der Waals surface area contributed by atoms with Crippen molar-refractivity contribution in [3.63, 3.8) is 0 Å². The highest BCUT2D eigenvalue weighted by atomic mass is 15.2. The Balaban J connectivity index is 2.18. The van der Waals surface area contributed by atoms with Crippen LogP contribution in [0.3, 0.4) is 0 Å². The zero-order valence-corrected chi connectivity index (χ0v) is 11.2. The minimum Gasteiger partial charge on any atom is -0.314 e. The lowest BCUT2D eigenvalue weighted by Crippen LogP contribution is -2.51. The van der Waals surface area contributed by atoms with Crippen molar-refractivity contribution in [2.45, 2.75) is 39.3 Å². The number of nitrogens with one attached hydrogen (secondary N) is 1. The topological polar surface area (TPSA) is 15.3 Å². The van der Waals surface area contributed by atoms with E-state index >= 15 is 0 Å². The lowest BCUT2D eigenvalue weighted by Gasteiger charge is -2.40. The van der Waals surface area contributed by atoms with Gasteiger partial charge in [-0.1, -0.05) is 31.2 Å². The van der Waals surface area contributed by atoms with E-state index in [1.165, 1.54) is 17.5 Å². The van der Waals surface area contributed by atoms with Crippen LogP contribution in [0.25, 0.3) is 0 Å². The Kier molecular flexibility index (Phi) is 4.19. The number of nitrogens with zero attached hydrogens (tertiary/aromatic N) is 1. The number of hydrogen-bond donors (Lipinski definition) is 1. The predicted octanol–water partition coefficient (Wildman–Crippen LogP) is 2.74. The lowest BCUT2D eigenvalue weighted by atomic mass is 9.98. The first kappa shape index (κ1) is 12.6. The summed E-state index contributed by atoms with van der Waals surface area (Å²) in [7, 11) is 0. The number of piperazine rings is 1. The smallest absolute Gasteiger partial charge is 0.0326 e. The van der Waals surface area contributed by atoms with Crippen molar-refractivity contribution < 1.29 is 0 Å². The predicted molar refractivity (Wildman–Crippen MR) is 73.2 cm³/mol. The molecule has 2 heteroatoms. The summed E-state index contributed by atoms with van der Waals surface area (Å²) in [6.07, 6.45) is 1.23. The summed E-state index contributed by atoms with van der Waals surface area (Å²) >= 11 is 0. The molecule has 94 valence electrons. The summed E-state index contributed by atoms with van der Waals surface area (Å²) in [5.41, 5.74) is 2.89. The van der Waals surface area contributed by atoms with Crippen LogP contribution >= 0.6 is 0 Å². The monoisotopic (exact) mass is 232 g/mol. The fourth-order valence-electron chi connectivity index (χ4n) is 2.90. The molecular formula is C15H24N2. The first-order chi connectivity index (χ1) is 8.24. The zero-order chi connectivity index (χ0) is 12.3. The molecule has 2 atom stereocenters. The SMILES string of the molecule is CCC1CNCCN1C(C)c1ccccc1C. The fourth-order valence-corrected chi connectivity index (χ4v) is 2.90. The highest BCUT2D eigenvalue weighted by Crippen LogP contribution is 2.26. The molecule has 2 unspecified atom stereocenters. The van der Waals surface area contributed by atoms with Crippen molar-refractivity contribution in [1.82, 2.24) is 10.2 Å². The molecule has 2 nitrogen and oxygen atoms in total. The molecule has 1 aliphatic rings. The van der Waals surface area contributed by atoms with Gasteiger partial charge in [0.05, 0.1) is 0 Å². The van der Waals surface area contributed by atoms with E-state index in [1.54, 1.807) is 0 Å². The summed E-state index contributed by atoms with van der Waals surface area (Å²) in [5.74, 6) is 0. The van der Waals surface area contributed by atoms with Crippen LogP contribution in [0.2, 0.25) is 0 Å². The molecule has 1 aromatic rings. The third-order valence-corrected chi connectivity index (χ3v) is 4.00. The highest BCUT2D eigenvalue weighted by molar-refractivity contribution is 5.28. The number of aryl methyl sites for hydroxylation is 1. The Hall–Kier alpha value is -0.860. The van der Waals surface area contributed by atoms with E-state index in [9.17, 15) is 0 Å². The number of benzene rings is 1. The second-order valence-corrected chi connectivity index (χ2v) is 5.04. The Morgan fingerprint density at radius 3 is 2.88 bits per heavy atom. The molecule has 0 saturated carbocycles. The van der Waals surface area contributed by atoms with Gasteiger partial charge in [-0.05, 0) is 31.4 Å². The Morgan fingerprint density at radius 1 is 1.41 bits per heavy atom. The van der Waals surface area contributed by atoms with Crippen molar-refractivity contribution in [3.05, 3.63) is 35.4 Å². The van der Waals surface area contributed by atoms with E-state index in [0.29, 0.717) is 12.1 Å². The van der Waals surface area contributed by atoms with Gasteiger partial charge in [0.1, 0.15) is 0 Å². The Morgan fingerprint density at radius 2 is 2.18 bits per heavy atom. The van der Waals surface area contributed by atoms with Crippen LogP contribution in [0.5, 0.6) is 0 Å². The maximum atomic E-state index is 3.50. The van der Waals surface area contributed by atoms with Crippen LogP contribution in [-0.2, 0) is 0 Å². The van der Waals surface area contributed by atoms with E-state index < -0.39 is 0 Å². The van der Waals surface area contributed by atoms with Crippen LogP contribution in [0.1, 0.15) is 37.4 Å². The summed E-state index contributed by atoms with van der Waals surface area (Å²) in [4.78, 5) is 2.65. The summed E-state index contributed by atoms with van der Waals surface area (Å²) in [6.45, 7) is 10.3. The van der Waals surface area contributed by atoms with Gasteiger partial charge in [0, 0.05) is 31.7 Å². The molecule has 17 heavy (non-hydrogen) atoms. The molecule has 0 radical (unpaired) electrons. The van der Waals surface area contributed by atoms with Gasteiger partial charge in [-0.2, -0.15) is 0 Å². The van der Waals surface area contributed by atoms with Crippen molar-refractivity contribution in [3.8, 4) is 0 Å². The van der Waals surface area contributed by atoms with Gasteiger partial charge in [-0.15, -0.1) is 0 Å². The highest BCUT2D eigenvalue weighted by Gasteiger charge is 2.26. The Bertz CT molecular complexity index is 362. The van der Waals surface area contributed by atoms with Crippen molar-refractivity contribution in [2.24, 2.45) is 0 Å². The maximum Gasteiger partial charge on any atom is 0.0326 e. The summed E-state index contributed by atoms with van der Waals surface area (Å²) < 4.78 is 0. The van der Waals surface area contributed by atoms with Crippen LogP contribution < -0.4 is 5.32 Å². The average Bonchev–Trinajstić information content (AvgIpc) is 2.38. The molecule has 1 heterocycles. The number of hydrogen-bond acceptors (Lipinski definition) is 2. The quantitative estimate of drug-likeness (QED) is 0.862. The minimum absolute atomic E-state index is 0.531. The molecule has 1 saturated heterocycles. The molecule has 1 N–H and O–H groups in total. The summed E-state index contributed by atoms with van der Waals surface area (Å²) in [5, 5.41) is 3.50. The van der Waals surface area contributed by atoms with Gasteiger partial charge in [-0.25, -0.2) is 0 Å². The standard InChI is InChI=1S/C15H24N2/c1-4-14-11-16-9-10-17(14)13(3)15-8-6-5-7-12(15)2/h5-8,13-14,16H,4,9-11H2,1-3H3. The Labute approximate surface area is 105 Å². The largest absolute Gasteiger partial charge is 0.314 e. The van der Waals surface area contributed by atoms with Crippen LogP contribution in [0.4, 0.5) is 0 Å². The average molecular weight is 232 g/mol. The first-order valence-electron chi connectivity index (χ1n) is 6.76. The molecule has 1 fully saturated rings. The van der Waals surface area contributed by atoms with Gasteiger partial charge < -0.3 is 5.32 Å². The lowest BCUT2D eigenvalue weighted by molar-refractivity contribution is 0.111. The van der Waals surface area contributed by atoms with Crippen LogP contribution in [-0.4, -0.2) is 30.6 Å². The molecule has 0 aromatic heterocycles. The van der Waals surface area contributed by atoms with Crippen molar-refractivity contribution in [1.29, 1.82) is 0 Å². The van der Waals surface area contributed by atoms with Gasteiger partial charge in [-0.3, -0.25) is 4.90 Å². The molecule has 2 rings (SSSR count). The molecule has 0 bridgehead atoms. The molecular weight excluding hydrogens is 208 g/mol. The molecule has 1 aliphatic heterocycles. The molecule has 0 aliphatic carbocycles. The van der Waals surface area contributed by atoms with E-state index in [0.717, 1.165) is 19.6 Å². The second kappa shape index (κ2) is 5.65. The molecule has 1 aromatic carbocycles. The fraction of sp³-hybridized carbons (Fsp3) is 0.600. The van der Waals surface area contributed by atoms with Gasteiger partial charge in [0.15, 0.2) is 0 Å². The van der Waals surface area contributed by atoms with Crippen LogP contribution in [0.15, 0.2) is 24.3 Å². The van der Waals surface area contributed by atoms with Crippen LogP contribution in [0, 0.1) is 6.92 Å². The van der Waals surface area contributed by atoms with E-state index in [4.69, 9.17) is 0 Å². The molecule has 0 amide bonds. The maximum absolute atomic E-state index is 3.50. The van der Waals surface area contributed by atoms with Gasteiger partial charge in [0.25, 0.3) is 0 Å². The number of rotatable bonds is 3. The van der Waals surface area contributed by atoms with Gasteiger partial charge in [0.2, 0.25) is 0 Å². The molecule has 0 spiro atoms.